The van der Waals surface area contributed by atoms with Crippen LogP contribution in [0.4, 0.5) is 0 Å². The minimum Gasteiger partial charge on any atom is -0.345 e. The Bertz CT molecular complexity index is 471. The smallest absolute Gasteiger partial charge is 0.104 e. The molecule has 0 aliphatic heterocycles. The Labute approximate surface area is 80.2 Å². The second-order valence-electron chi connectivity index (χ2n) is 2.67. The van der Waals surface area contributed by atoms with Crippen molar-refractivity contribution in [2.75, 3.05) is 0 Å². The Morgan fingerprint density at radius 1 is 1.46 bits per heavy atom. The first-order valence-corrected chi connectivity index (χ1v) is 4.22. The van der Waals surface area contributed by atoms with Crippen molar-refractivity contribution in [3.8, 4) is 11.4 Å². The summed E-state index contributed by atoms with van der Waals surface area (Å²) in [7, 11) is 1.84. The lowest BCUT2D eigenvalue weighted by atomic mass is 10.3. The van der Waals surface area contributed by atoms with Gasteiger partial charge in [0.05, 0.1) is 11.9 Å². The minimum absolute atomic E-state index is 0.707. The number of rotatable bonds is 1. The van der Waals surface area contributed by atoms with Gasteiger partial charge in [-0.1, -0.05) is 23.5 Å². The van der Waals surface area contributed by atoms with Crippen molar-refractivity contribution in [1.29, 1.82) is 0 Å². The number of H-pyrrole nitrogens is 1. The maximum Gasteiger partial charge on any atom is 0.104 e. The third-order valence-electron chi connectivity index (χ3n) is 1.76. The molecule has 0 radical (unpaired) electrons. The van der Waals surface area contributed by atoms with E-state index in [1.54, 1.807) is 10.9 Å². The summed E-state index contributed by atoms with van der Waals surface area (Å²) >= 11 is 5.01. The van der Waals surface area contributed by atoms with Gasteiger partial charge < -0.3 is 4.98 Å². The molecule has 2 aromatic heterocycles. The van der Waals surface area contributed by atoms with E-state index in [0.29, 0.717) is 4.64 Å². The summed E-state index contributed by atoms with van der Waals surface area (Å²) in [5.74, 6) is 0. The number of aryl methyl sites for hydroxylation is 1. The average Bonchev–Trinajstić information content (AvgIpc) is 2.51. The number of hydrogen-bond acceptors (Lipinski definition) is 3. The zero-order valence-electron chi connectivity index (χ0n) is 7.06. The topological polar surface area (TPSA) is 46.5 Å². The lowest BCUT2D eigenvalue weighted by Gasteiger charge is -1.99. The maximum absolute atomic E-state index is 5.01. The minimum atomic E-state index is 0.707. The Balaban J connectivity index is 2.59. The molecule has 4 nitrogen and oxygen atoms in total. The molecule has 0 aliphatic rings. The van der Waals surface area contributed by atoms with Gasteiger partial charge in [0.2, 0.25) is 0 Å². The second-order valence-corrected chi connectivity index (χ2v) is 3.11. The zero-order chi connectivity index (χ0) is 9.26. The molecule has 0 bridgehead atoms. The van der Waals surface area contributed by atoms with Gasteiger partial charge in [-0.2, -0.15) is 0 Å². The fourth-order valence-electron chi connectivity index (χ4n) is 1.13. The lowest BCUT2D eigenvalue weighted by molar-refractivity contribution is 0.719. The largest absolute Gasteiger partial charge is 0.345 e. The predicted octanol–water partition coefficient (Wildman–Crippen LogP) is 1.54. The van der Waals surface area contributed by atoms with E-state index < -0.39 is 0 Å². The van der Waals surface area contributed by atoms with Crippen molar-refractivity contribution in [3.63, 3.8) is 0 Å². The molecular weight excluding hydrogens is 184 g/mol. The summed E-state index contributed by atoms with van der Waals surface area (Å²) in [5, 5.41) is 7.62. The highest BCUT2D eigenvalue weighted by atomic mass is 32.1. The summed E-state index contributed by atoms with van der Waals surface area (Å²) in [6.07, 6.45) is 1.70. The number of pyridine rings is 1. The Morgan fingerprint density at radius 2 is 2.31 bits per heavy atom. The standard InChI is InChI=1S/C8H8N4S/c1-12-7(5-9-11-12)6-3-2-4-8(13)10-6/h2-5H,1H3,(H,10,13). The molecule has 0 saturated heterocycles. The number of aromatic nitrogens is 4. The van der Waals surface area contributed by atoms with Crippen molar-refractivity contribution in [3.05, 3.63) is 29.0 Å². The van der Waals surface area contributed by atoms with Crippen LogP contribution >= 0.6 is 12.2 Å². The molecule has 0 aromatic carbocycles. The molecule has 0 aliphatic carbocycles. The monoisotopic (exact) mass is 192 g/mol. The zero-order valence-corrected chi connectivity index (χ0v) is 7.88. The van der Waals surface area contributed by atoms with E-state index in [9.17, 15) is 0 Å². The van der Waals surface area contributed by atoms with E-state index in [4.69, 9.17) is 12.2 Å². The Kier molecular flexibility index (Phi) is 1.94. The van der Waals surface area contributed by atoms with Gasteiger partial charge in [-0.3, -0.25) is 0 Å². The molecule has 66 valence electrons. The Hall–Kier alpha value is -1.49. The molecule has 2 aromatic rings. The van der Waals surface area contributed by atoms with Gasteiger partial charge in [0, 0.05) is 7.05 Å². The summed E-state index contributed by atoms with van der Waals surface area (Å²) in [6.45, 7) is 0. The molecule has 5 heteroatoms. The molecule has 0 spiro atoms. The van der Waals surface area contributed by atoms with Crippen molar-refractivity contribution < 1.29 is 0 Å². The molecular formula is C8H8N4S. The fraction of sp³-hybridized carbons (Fsp3) is 0.125. The summed E-state index contributed by atoms with van der Waals surface area (Å²) in [5.41, 5.74) is 1.85. The van der Waals surface area contributed by atoms with E-state index >= 15 is 0 Å². The van der Waals surface area contributed by atoms with Crippen LogP contribution in [-0.4, -0.2) is 20.0 Å². The van der Waals surface area contributed by atoms with E-state index in [2.05, 4.69) is 15.3 Å². The third-order valence-corrected chi connectivity index (χ3v) is 2.00. The van der Waals surface area contributed by atoms with Crippen LogP contribution in [-0.2, 0) is 7.05 Å². The second kappa shape index (κ2) is 3.10. The van der Waals surface area contributed by atoms with Gasteiger partial charge in [0.25, 0.3) is 0 Å². The van der Waals surface area contributed by atoms with Crippen LogP contribution in [0.2, 0.25) is 0 Å². The van der Waals surface area contributed by atoms with Gasteiger partial charge in [-0.25, -0.2) is 4.68 Å². The predicted molar refractivity (Wildman–Crippen MR) is 51.6 cm³/mol. The van der Waals surface area contributed by atoms with E-state index in [0.717, 1.165) is 11.4 Å². The first-order chi connectivity index (χ1) is 6.27. The number of hydrogen-bond donors (Lipinski definition) is 1. The molecule has 1 N–H and O–H groups in total. The van der Waals surface area contributed by atoms with Gasteiger partial charge in [-0.15, -0.1) is 5.10 Å². The lowest BCUT2D eigenvalue weighted by Crippen LogP contribution is -1.95. The van der Waals surface area contributed by atoms with Crippen LogP contribution < -0.4 is 0 Å². The molecule has 0 fully saturated rings. The SMILES string of the molecule is Cn1nncc1-c1cccc(=S)[nH]1. The van der Waals surface area contributed by atoms with Crippen LogP contribution in [0.5, 0.6) is 0 Å². The molecule has 2 rings (SSSR count). The quantitative estimate of drug-likeness (QED) is 0.697. The van der Waals surface area contributed by atoms with Crippen LogP contribution in [0.25, 0.3) is 11.4 Å². The highest BCUT2D eigenvalue weighted by molar-refractivity contribution is 7.71. The van der Waals surface area contributed by atoms with E-state index in [1.807, 2.05) is 25.2 Å². The van der Waals surface area contributed by atoms with Crippen LogP contribution in [0.15, 0.2) is 24.4 Å². The van der Waals surface area contributed by atoms with Gasteiger partial charge in [0.1, 0.15) is 10.3 Å². The average molecular weight is 192 g/mol. The van der Waals surface area contributed by atoms with Crippen molar-refractivity contribution in [2.45, 2.75) is 0 Å². The molecule has 0 unspecified atom stereocenters. The number of nitrogens with zero attached hydrogens (tertiary/aromatic N) is 3. The highest BCUT2D eigenvalue weighted by Gasteiger charge is 2.01. The Morgan fingerprint density at radius 3 is 2.92 bits per heavy atom. The van der Waals surface area contributed by atoms with Gasteiger partial charge in [0.15, 0.2) is 0 Å². The molecule has 2 heterocycles. The highest BCUT2D eigenvalue weighted by Crippen LogP contribution is 2.12. The van der Waals surface area contributed by atoms with Gasteiger partial charge in [-0.05, 0) is 12.1 Å². The fourth-order valence-corrected chi connectivity index (χ4v) is 1.32. The van der Waals surface area contributed by atoms with Crippen molar-refractivity contribution in [2.24, 2.45) is 7.05 Å². The molecule has 0 saturated carbocycles. The van der Waals surface area contributed by atoms with Crippen molar-refractivity contribution >= 4 is 12.2 Å². The normalized spacial score (nSPS) is 10.2. The third kappa shape index (κ3) is 1.50. The van der Waals surface area contributed by atoms with E-state index in [1.165, 1.54) is 0 Å². The van der Waals surface area contributed by atoms with Crippen LogP contribution in [0.1, 0.15) is 0 Å². The molecule has 13 heavy (non-hydrogen) atoms. The van der Waals surface area contributed by atoms with Gasteiger partial charge >= 0.3 is 0 Å². The van der Waals surface area contributed by atoms with Crippen LogP contribution in [0, 0.1) is 4.64 Å². The summed E-state index contributed by atoms with van der Waals surface area (Å²) in [4.78, 5) is 3.06. The van der Waals surface area contributed by atoms with E-state index in [-0.39, 0.29) is 0 Å². The molecule has 0 amide bonds. The van der Waals surface area contributed by atoms with Crippen molar-refractivity contribution in [1.82, 2.24) is 20.0 Å². The molecule has 0 atom stereocenters. The number of aromatic amines is 1. The van der Waals surface area contributed by atoms with Crippen LogP contribution in [0.3, 0.4) is 0 Å². The first-order valence-electron chi connectivity index (χ1n) is 3.82. The number of nitrogens with one attached hydrogen (secondary N) is 1. The maximum atomic E-state index is 5.01. The summed E-state index contributed by atoms with van der Waals surface area (Å²) < 4.78 is 2.40. The first kappa shape index (κ1) is 8.12. The summed E-state index contributed by atoms with van der Waals surface area (Å²) in [6, 6.07) is 5.68.